The molecule has 1 atom stereocenters. The number of aromatic amines is 1. The average molecular weight is 447 g/mol. The molecule has 3 heterocycles. The number of nitrogens with one attached hydrogen (secondary N) is 1. The molecule has 0 radical (unpaired) electrons. The minimum absolute atomic E-state index is 0.214. The summed E-state index contributed by atoms with van der Waals surface area (Å²) < 4.78 is 49.4. The van der Waals surface area contributed by atoms with Gasteiger partial charge in [-0.05, 0) is 50.2 Å². The summed E-state index contributed by atoms with van der Waals surface area (Å²) in [6, 6.07) is 8.52. The first kappa shape index (κ1) is 22.1. The summed E-state index contributed by atoms with van der Waals surface area (Å²) in [5, 5.41) is 7.35. The number of benzene rings is 1. The summed E-state index contributed by atoms with van der Waals surface area (Å²) in [7, 11) is 0. The van der Waals surface area contributed by atoms with Crippen LogP contribution in [0.15, 0.2) is 36.4 Å². The smallest absolute Gasteiger partial charge is 0.416 e. The number of alkyl halides is 3. The van der Waals surface area contributed by atoms with Crippen molar-refractivity contribution in [1.29, 1.82) is 0 Å². The molecule has 1 fully saturated rings. The van der Waals surface area contributed by atoms with Crippen molar-refractivity contribution in [3.05, 3.63) is 64.7 Å². The molecule has 10 heteroatoms. The van der Waals surface area contributed by atoms with Crippen molar-refractivity contribution < 1.29 is 22.6 Å². The molecule has 4 rings (SSSR count). The number of hydrogen-bond donors (Lipinski definition) is 1. The number of nitrogens with zero attached hydrogens (tertiary/aromatic N) is 4. The largest absolute Gasteiger partial charge is 0.493 e. The first-order valence-corrected chi connectivity index (χ1v) is 10.3. The summed E-state index contributed by atoms with van der Waals surface area (Å²) in [6.45, 7) is 6.04. The molecule has 0 spiro atoms. The summed E-state index contributed by atoms with van der Waals surface area (Å²) >= 11 is 0. The van der Waals surface area contributed by atoms with Gasteiger partial charge in [0.25, 0.3) is 0 Å². The minimum Gasteiger partial charge on any atom is -0.493 e. The van der Waals surface area contributed by atoms with Crippen LogP contribution in [-0.2, 0) is 17.3 Å². The zero-order chi connectivity index (χ0) is 22.7. The van der Waals surface area contributed by atoms with Crippen LogP contribution in [0.4, 0.5) is 19.1 Å². The van der Waals surface area contributed by atoms with Gasteiger partial charge in [-0.15, -0.1) is 0 Å². The quantitative estimate of drug-likeness (QED) is 0.615. The van der Waals surface area contributed by atoms with Gasteiger partial charge in [0.15, 0.2) is 0 Å². The summed E-state index contributed by atoms with van der Waals surface area (Å²) in [6.07, 6.45) is -4.04. The third-order valence-corrected chi connectivity index (χ3v) is 5.12. The SMILES string of the molecule is Cc1cc(C)nc(N2CCO[C@H](c3cc(CCOc4ccc(C(F)(F)F)cc4)[nH]n3)C2)n1. The first-order valence-electron chi connectivity index (χ1n) is 10.3. The predicted octanol–water partition coefficient (Wildman–Crippen LogP) is 4.03. The molecule has 32 heavy (non-hydrogen) atoms. The van der Waals surface area contributed by atoms with Crippen LogP contribution >= 0.6 is 0 Å². The van der Waals surface area contributed by atoms with Crippen LogP contribution in [0, 0.1) is 13.8 Å². The average Bonchev–Trinajstić information content (AvgIpc) is 3.22. The highest BCUT2D eigenvalue weighted by Gasteiger charge is 2.30. The predicted molar refractivity (Wildman–Crippen MR) is 112 cm³/mol. The minimum atomic E-state index is -4.36. The fourth-order valence-corrected chi connectivity index (χ4v) is 3.55. The zero-order valence-electron chi connectivity index (χ0n) is 17.8. The van der Waals surface area contributed by atoms with E-state index in [1.165, 1.54) is 12.1 Å². The van der Waals surface area contributed by atoms with Crippen molar-refractivity contribution in [3.8, 4) is 5.75 Å². The van der Waals surface area contributed by atoms with Crippen LogP contribution in [0.25, 0.3) is 0 Å². The topological polar surface area (TPSA) is 76.2 Å². The fraction of sp³-hybridized carbons (Fsp3) is 0.409. The number of aromatic nitrogens is 4. The van der Waals surface area contributed by atoms with Crippen LogP contribution in [0.2, 0.25) is 0 Å². The van der Waals surface area contributed by atoms with Gasteiger partial charge in [-0.1, -0.05) is 0 Å². The van der Waals surface area contributed by atoms with Gasteiger partial charge < -0.3 is 14.4 Å². The van der Waals surface area contributed by atoms with Gasteiger partial charge in [0.2, 0.25) is 5.95 Å². The van der Waals surface area contributed by atoms with E-state index >= 15 is 0 Å². The highest BCUT2D eigenvalue weighted by atomic mass is 19.4. The maximum atomic E-state index is 12.6. The van der Waals surface area contributed by atoms with E-state index in [2.05, 4.69) is 25.1 Å². The Bertz CT molecular complexity index is 1030. The number of anilines is 1. The maximum Gasteiger partial charge on any atom is 0.416 e. The molecule has 0 saturated carbocycles. The first-order chi connectivity index (χ1) is 15.3. The van der Waals surface area contributed by atoms with Gasteiger partial charge in [0, 0.05) is 30.0 Å². The van der Waals surface area contributed by atoms with E-state index in [1.807, 2.05) is 26.0 Å². The number of ether oxygens (including phenoxy) is 2. The lowest BCUT2D eigenvalue weighted by Crippen LogP contribution is -2.39. The Kier molecular flexibility index (Phi) is 6.31. The lowest BCUT2D eigenvalue weighted by Gasteiger charge is -2.32. The molecule has 2 aromatic heterocycles. The number of halogens is 3. The van der Waals surface area contributed by atoms with Crippen molar-refractivity contribution in [2.45, 2.75) is 32.5 Å². The lowest BCUT2D eigenvalue weighted by molar-refractivity contribution is -0.137. The molecule has 1 aromatic carbocycles. The van der Waals surface area contributed by atoms with Crippen LogP contribution in [-0.4, -0.2) is 46.5 Å². The number of morpholine rings is 1. The van der Waals surface area contributed by atoms with Crippen LogP contribution in [0.1, 0.15) is 34.4 Å². The van der Waals surface area contributed by atoms with Gasteiger partial charge in [0.05, 0.1) is 31.0 Å². The molecular weight excluding hydrogens is 423 g/mol. The molecule has 1 saturated heterocycles. The van der Waals surface area contributed by atoms with Crippen molar-refractivity contribution in [3.63, 3.8) is 0 Å². The summed E-state index contributed by atoms with van der Waals surface area (Å²) in [4.78, 5) is 11.2. The number of hydrogen-bond acceptors (Lipinski definition) is 6. The van der Waals surface area contributed by atoms with Crippen molar-refractivity contribution in [1.82, 2.24) is 20.2 Å². The Morgan fingerprint density at radius 1 is 1.12 bits per heavy atom. The van der Waals surface area contributed by atoms with E-state index < -0.39 is 11.7 Å². The Morgan fingerprint density at radius 2 is 1.84 bits per heavy atom. The molecular formula is C22H24F3N5O2. The van der Waals surface area contributed by atoms with Crippen LogP contribution in [0.5, 0.6) is 5.75 Å². The Balaban J connectivity index is 1.32. The summed E-state index contributed by atoms with van der Waals surface area (Å²) in [5.41, 5.74) is 2.78. The van der Waals surface area contributed by atoms with Crippen molar-refractivity contribution >= 4 is 5.95 Å². The second-order valence-corrected chi connectivity index (χ2v) is 7.69. The molecule has 3 aromatic rings. The van der Waals surface area contributed by atoms with E-state index in [9.17, 15) is 13.2 Å². The standard InChI is InChI=1S/C22H24F3N5O2/c1-14-11-15(2)27-21(26-14)30-8-10-32-20(13-30)19-12-17(28-29-19)7-9-31-18-5-3-16(4-6-18)22(23,24)25/h3-6,11-12,20H,7-10,13H2,1-2H3,(H,28,29)/t20-/m0/s1. The normalized spacial score (nSPS) is 16.9. The van der Waals surface area contributed by atoms with E-state index in [1.54, 1.807) is 0 Å². The lowest BCUT2D eigenvalue weighted by atomic mass is 10.2. The van der Waals surface area contributed by atoms with Crippen LogP contribution < -0.4 is 9.64 Å². The zero-order valence-corrected chi connectivity index (χ0v) is 17.8. The molecule has 0 aliphatic carbocycles. The van der Waals surface area contributed by atoms with Gasteiger partial charge in [-0.3, -0.25) is 5.10 Å². The highest BCUT2D eigenvalue weighted by molar-refractivity contribution is 5.34. The third-order valence-electron chi connectivity index (χ3n) is 5.12. The fourth-order valence-electron chi connectivity index (χ4n) is 3.55. The highest BCUT2D eigenvalue weighted by Crippen LogP contribution is 2.30. The number of H-pyrrole nitrogens is 1. The monoisotopic (exact) mass is 447 g/mol. The van der Waals surface area contributed by atoms with E-state index in [0.717, 1.165) is 34.9 Å². The Morgan fingerprint density at radius 3 is 2.53 bits per heavy atom. The summed E-state index contributed by atoms with van der Waals surface area (Å²) in [5.74, 6) is 1.08. The van der Waals surface area contributed by atoms with Gasteiger partial charge in [-0.2, -0.15) is 18.3 Å². The second kappa shape index (κ2) is 9.15. The molecule has 170 valence electrons. The van der Waals surface area contributed by atoms with Crippen LogP contribution in [0.3, 0.4) is 0 Å². The molecule has 0 amide bonds. The van der Waals surface area contributed by atoms with Crippen molar-refractivity contribution in [2.75, 3.05) is 31.2 Å². The molecule has 1 aliphatic rings. The van der Waals surface area contributed by atoms with Gasteiger partial charge >= 0.3 is 6.18 Å². The second-order valence-electron chi connectivity index (χ2n) is 7.69. The van der Waals surface area contributed by atoms with E-state index in [-0.39, 0.29) is 6.10 Å². The number of rotatable bonds is 6. The van der Waals surface area contributed by atoms with Gasteiger partial charge in [0.1, 0.15) is 11.9 Å². The molecule has 1 N–H and O–H groups in total. The molecule has 0 unspecified atom stereocenters. The molecule has 7 nitrogen and oxygen atoms in total. The van der Waals surface area contributed by atoms with E-state index in [0.29, 0.717) is 44.4 Å². The van der Waals surface area contributed by atoms with E-state index in [4.69, 9.17) is 9.47 Å². The third kappa shape index (κ3) is 5.37. The number of aryl methyl sites for hydroxylation is 2. The maximum absolute atomic E-state index is 12.6. The van der Waals surface area contributed by atoms with Crippen molar-refractivity contribution in [2.24, 2.45) is 0 Å². The van der Waals surface area contributed by atoms with Gasteiger partial charge in [-0.25, -0.2) is 9.97 Å². The Hall–Kier alpha value is -3.14. The molecule has 1 aliphatic heterocycles. The molecule has 0 bridgehead atoms. The Labute approximate surface area is 183 Å².